The van der Waals surface area contributed by atoms with Crippen LogP contribution in [0.15, 0.2) is 70.2 Å². The highest BCUT2D eigenvalue weighted by Crippen LogP contribution is 2.45. The van der Waals surface area contributed by atoms with Crippen LogP contribution >= 0.6 is 27.7 Å². The lowest BCUT2D eigenvalue weighted by atomic mass is 10.0. The number of hydrogen-bond acceptors (Lipinski definition) is 5. The first-order valence-corrected chi connectivity index (χ1v) is 13.7. The SMILES string of the molecule is O=C(c1ccc(Br)cc1)N1CCSC12CCN(S(=O)(=O)c1cccc3cccnc13)CC2. The Bertz CT molecular complexity index is 1270. The number of rotatable bonds is 3. The topological polar surface area (TPSA) is 70.6 Å². The van der Waals surface area contributed by atoms with Crippen molar-refractivity contribution in [2.45, 2.75) is 22.6 Å². The summed E-state index contributed by atoms with van der Waals surface area (Å²) in [5, 5.41) is 0.805. The van der Waals surface area contributed by atoms with Crippen LogP contribution in [-0.4, -0.2) is 58.8 Å². The first-order valence-electron chi connectivity index (χ1n) is 10.5. The molecule has 1 aromatic heterocycles. The number of para-hydroxylation sites is 1. The van der Waals surface area contributed by atoms with E-state index in [1.807, 2.05) is 41.3 Å². The van der Waals surface area contributed by atoms with Gasteiger partial charge < -0.3 is 4.90 Å². The monoisotopic (exact) mass is 531 g/mol. The summed E-state index contributed by atoms with van der Waals surface area (Å²) < 4.78 is 29.4. The highest BCUT2D eigenvalue weighted by Gasteiger charge is 2.48. The minimum Gasteiger partial charge on any atom is -0.323 e. The summed E-state index contributed by atoms with van der Waals surface area (Å²) in [6, 6.07) is 16.3. The lowest BCUT2D eigenvalue weighted by molar-refractivity contribution is 0.0605. The molecule has 2 aliphatic rings. The second-order valence-corrected chi connectivity index (χ2v) is 12.3. The zero-order chi connectivity index (χ0) is 22.3. The van der Waals surface area contributed by atoms with Crippen LogP contribution in [0, 0.1) is 0 Å². The molecule has 32 heavy (non-hydrogen) atoms. The molecule has 2 saturated heterocycles. The number of benzene rings is 2. The predicted octanol–water partition coefficient (Wildman–Crippen LogP) is 4.37. The molecule has 0 unspecified atom stereocenters. The number of amides is 1. The minimum absolute atomic E-state index is 0.0112. The van der Waals surface area contributed by atoms with Gasteiger partial charge in [-0.1, -0.05) is 34.1 Å². The fourth-order valence-corrected chi connectivity index (χ4v) is 7.88. The van der Waals surface area contributed by atoms with E-state index in [0.717, 1.165) is 15.6 Å². The van der Waals surface area contributed by atoms with Crippen LogP contribution in [-0.2, 0) is 10.0 Å². The Morgan fingerprint density at radius 2 is 1.72 bits per heavy atom. The summed E-state index contributed by atoms with van der Waals surface area (Å²) in [5.41, 5.74) is 1.16. The van der Waals surface area contributed by atoms with Crippen LogP contribution in [0.1, 0.15) is 23.2 Å². The lowest BCUT2D eigenvalue weighted by Gasteiger charge is -2.43. The Morgan fingerprint density at radius 1 is 1.00 bits per heavy atom. The highest BCUT2D eigenvalue weighted by atomic mass is 79.9. The average Bonchev–Trinajstić information content (AvgIpc) is 3.21. The number of thioether (sulfide) groups is 1. The van der Waals surface area contributed by atoms with Crippen LogP contribution in [0.4, 0.5) is 0 Å². The van der Waals surface area contributed by atoms with Gasteiger partial charge in [0.2, 0.25) is 10.0 Å². The fourth-order valence-electron chi connectivity index (χ4n) is 4.56. The van der Waals surface area contributed by atoms with Gasteiger partial charge in [-0.2, -0.15) is 4.31 Å². The van der Waals surface area contributed by atoms with Gasteiger partial charge in [-0.3, -0.25) is 9.78 Å². The molecule has 1 spiro atoms. The summed E-state index contributed by atoms with van der Waals surface area (Å²) >= 11 is 5.18. The van der Waals surface area contributed by atoms with E-state index in [1.54, 1.807) is 40.5 Å². The zero-order valence-electron chi connectivity index (χ0n) is 17.3. The molecule has 0 atom stereocenters. The number of pyridine rings is 1. The molecule has 0 aliphatic carbocycles. The molecule has 0 radical (unpaired) electrons. The molecule has 0 N–H and O–H groups in total. The van der Waals surface area contributed by atoms with E-state index in [0.29, 0.717) is 43.6 Å². The molecule has 3 aromatic rings. The first kappa shape index (κ1) is 21.9. The van der Waals surface area contributed by atoms with E-state index in [9.17, 15) is 13.2 Å². The summed E-state index contributed by atoms with van der Waals surface area (Å²) in [5.74, 6) is 0.875. The van der Waals surface area contributed by atoms with E-state index in [-0.39, 0.29) is 15.7 Å². The van der Waals surface area contributed by atoms with E-state index < -0.39 is 10.0 Å². The van der Waals surface area contributed by atoms with Crippen molar-refractivity contribution in [3.05, 3.63) is 70.8 Å². The predicted molar refractivity (Wildman–Crippen MR) is 130 cm³/mol. The quantitative estimate of drug-likeness (QED) is 0.501. The highest BCUT2D eigenvalue weighted by molar-refractivity contribution is 9.10. The molecule has 0 saturated carbocycles. The number of fused-ring (bicyclic) bond motifs is 1. The molecule has 9 heteroatoms. The van der Waals surface area contributed by atoms with Gasteiger partial charge in [0.25, 0.3) is 5.91 Å². The Hall–Kier alpha value is -1.94. The maximum absolute atomic E-state index is 13.5. The van der Waals surface area contributed by atoms with Gasteiger partial charge in [0.15, 0.2) is 0 Å². The standard InChI is InChI=1S/C23H22BrN3O3S2/c24-19-8-6-18(7-9-19)22(28)27-15-16-31-23(27)10-13-26(14-11-23)32(29,30)20-5-1-3-17-4-2-12-25-21(17)20/h1-9,12H,10-11,13-16H2. The fraction of sp³-hybridized carbons (Fsp3) is 0.304. The molecule has 166 valence electrons. The molecule has 6 nitrogen and oxygen atoms in total. The number of carbonyl (C=O) groups is 1. The van der Waals surface area contributed by atoms with Crippen LogP contribution in [0.5, 0.6) is 0 Å². The number of nitrogens with zero attached hydrogens (tertiary/aromatic N) is 3. The summed E-state index contributed by atoms with van der Waals surface area (Å²) in [7, 11) is -3.68. The number of aromatic nitrogens is 1. The molecule has 5 rings (SSSR count). The van der Waals surface area contributed by atoms with Gasteiger partial charge >= 0.3 is 0 Å². The van der Waals surface area contributed by atoms with Crippen molar-refractivity contribution in [2.75, 3.05) is 25.4 Å². The van der Waals surface area contributed by atoms with Gasteiger partial charge in [-0.05, 0) is 49.2 Å². The van der Waals surface area contributed by atoms with Gasteiger partial charge in [0, 0.05) is 47.0 Å². The van der Waals surface area contributed by atoms with Crippen LogP contribution < -0.4 is 0 Å². The number of carbonyl (C=O) groups excluding carboxylic acids is 1. The Kier molecular flexibility index (Phi) is 5.77. The number of hydrogen-bond donors (Lipinski definition) is 0. The first-order chi connectivity index (χ1) is 15.4. The van der Waals surface area contributed by atoms with Crippen molar-refractivity contribution in [3.63, 3.8) is 0 Å². The van der Waals surface area contributed by atoms with Crippen molar-refractivity contribution in [1.82, 2.24) is 14.2 Å². The van der Waals surface area contributed by atoms with Gasteiger partial charge in [0.05, 0.1) is 10.4 Å². The van der Waals surface area contributed by atoms with E-state index in [4.69, 9.17) is 0 Å². The average molecular weight is 532 g/mol. The molecule has 2 aromatic carbocycles. The minimum atomic E-state index is -3.68. The van der Waals surface area contributed by atoms with Gasteiger partial charge in [0.1, 0.15) is 4.90 Å². The third-order valence-electron chi connectivity index (χ3n) is 6.23. The van der Waals surface area contributed by atoms with Crippen molar-refractivity contribution in [1.29, 1.82) is 0 Å². The van der Waals surface area contributed by atoms with Crippen LogP contribution in [0.25, 0.3) is 10.9 Å². The Labute approximate surface area is 200 Å². The van der Waals surface area contributed by atoms with Gasteiger partial charge in [-0.25, -0.2) is 8.42 Å². The Balaban J connectivity index is 1.38. The van der Waals surface area contributed by atoms with Gasteiger partial charge in [-0.15, -0.1) is 11.8 Å². The zero-order valence-corrected chi connectivity index (χ0v) is 20.5. The molecular weight excluding hydrogens is 510 g/mol. The summed E-state index contributed by atoms with van der Waals surface area (Å²) in [4.78, 5) is 19.4. The normalized spacial score (nSPS) is 19.0. The van der Waals surface area contributed by atoms with E-state index in [2.05, 4.69) is 20.9 Å². The molecule has 1 amide bonds. The second kappa shape index (κ2) is 8.44. The summed E-state index contributed by atoms with van der Waals surface area (Å²) in [6.45, 7) is 1.44. The van der Waals surface area contributed by atoms with Crippen molar-refractivity contribution in [2.24, 2.45) is 0 Å². The number of halogens is 1. The molecule has 0 bridgehead atoms. The third-order valence-corrected chi connectivity index (χ3v) is 10.2. The largest absolute Gasteiger partial charge is 0.323 e. The molecule has 2 fully saturated rings. The maximum Gasteiger partial charge on any atom is 0.254 e. The number of piperidine rings is 1. The van der Waals surface area contributed by atoms with Crippen LogP contribution in [0.3, 0.4) is 0 Å². The van der Waals surface area contributed by atoms with E-state index >= 15 is 0 Å². The number of sulfonamides is 1. The third kappa shape index (κ3) is 3.75. The van der Waals surface area contributed by atoms with E-state index in [1.165, 1.54) is 0 Å². The molecular formula is C23H22BrN3O3S2. The van der Waals surface area contributed by atoms with Crippen LogP contribution in [0.2, 0.25) is 0 Å². The Morgan fingerprint density at radius 3 is 2.47 bits per heavy atom. The maximum atomic E-state index is 13.5. The smallest absolute Gasteiger partial charge is 0.254 e. The lowest BCUT2D eigenvalue weighted by Crippen LogP contribution is -2.53. The van der Waals surface area contributed by atoms with Crippen molar-refractivity contribution < 1.29 is 13.2 Å². The summed E-state index contributed by atoms with van der Waals surface area (Å²) in [6.07, 6.45) is 2.84. The van der Waals surface area contributed by atoms with Crippen molar-refractivity contribution in [3.8, 4) is 0 Å². The molecule has 3 heterocycles. The second-order valence-electron chi connectivity index (χ2n) is 7.99. The van der Waals surface area contributed by atoms with Crippen molar-refractivity contribution >= 4 is 54.5 Å². The molecule has 2 aliphatic heterocycles.